The second-order valence-electron chi connectivity index (χ2n) is 7.64. The van der Waals surface area contributed by atoms with Crippen LogP contribution >= 0.6 is 23.2 Å². The summed E-state index contributed by atoms with van der Waals surface area (Å²) in [7, 11) is 1.48. The van der Waals surface area contributed by atoms with Crippen LogP contribution in [0.2, 0.25) is 10.0 Å². The van der Waals surface area contributed by atoms with E-state index in [-0.39, 0.29) is 29.4 Å². The first-order valence-corrected chi connectivity index (χ1v) is 11.3. The molecule has 174 valence electrons. The van der Waals surface area contributed by atoms with E-state index in [9.17, 15) is 9.59 Å². The van der Waals surface area contributed by atoms with Gasteiger partial charge in [0.2, 0.25) is 0 Å². The van der Waals surface area contributed by atoms with Crippen molar-refractivity contribution in [2.24, 2.45) is 5.73 Å². The van der Waals surface area contributed by atoms with E-state index in [1.54, 1.807) is 36.4 Å². The van der Waals surface area contributed by atoms with Gasteiger partial charge >= 0.3 is 5.69 Å². The normalized spacial score (nSPS) is 11.9. The van der Waals surface area contributed by atoms with Gasteiger partial charge in [-0.2, -0.15) is 9.78 Å². The number of benzene rings is 3. The van der Waals surface area contributed by atoms with Gasteiger partial charge in [-0.25, -0.2) is 4.79 Å². The lowest BCUT2D eigenvalue weighted by Gasteiger charge is -2.17. The Hall–Kier alpha value is -3.39. The van der Waals surface area contributed by atoms with Crippen molar-refractivity contribution in [3.8, 4) is 11.4 Å². The summed E-state index contributed by atoms with van der Waals surface area (Å²) in [6, 6.07) is 20.8. The third kappa shape index (κ3) is 4.77. The van der Waals surface area contributed by atoms with E-state index in [2.05, 4.69) is 5.10 Å². The fraction of sp³-hybridized carbons (Fsp3) is 0.160. The minimum Gasteiger partial charge on any atom is -0.495 e. The highest BCUT2D eigenvalue weighted by molar-refractivity contribution is 6.33. The Morgan fingerprint density at radius 3 is 2.38 bits per heavy atom. The number of aromatic nitrogens is 3. The zero-order valence-electron chi connectivity index (χ0n) is 18.3. The molecule has 3 aromatic carbocycles. The van der Waals surface area contributed by atoms with Gasteiger partial charge in [0.25, 0.3) is 5.56 Å². The number of halogens is 2. The number of ether oxygens (including phenoxy) is 1. The molecule has 34 heavy (non-hydrogen) atoms. The van der Waals surface area contributed by atoms with Gasteiger partial charge in [0.1, 0.15) is 16.5 Å². The fourth-order valence-corrected chi connectivity index (χ4v) is 4.12. The molecule has 1 aromatic heterocycles. The summed E-state index contributed by atoms with van der Waals surface area (Å²) in [5, 5.41) is 5.08. The van der Waals surface area contributed by atoms with Crippen molar-refractivity contribution in [2.45, 2.75) is 19.0 Å². The van der Waals surface area contributed by atoms with Crippen molar-refractivity contribution in [3.63, 3.8) is 0 Å². The minimum atomic E-state index is -0.658. The molecule has 9 heteroatoms. The molecule has 2 N–H and O–H groups in total. The van der Waals surface area contributed by atoms with Crippen LogP contribution < -0.4 is 21.7 Å². The molecule has 1 heterocycles. The standard InChI is InChI=1S/C25H22Cl2N4O3/c1-34-22-13-7-12-21(23(22)27)31-25(33)30(15-19(28)16-8-3-2-4-9-16)24(32)20(29-31)14-17-10-5-6-11-18(17)26/h2-13,19H,14-15,28H2,1H3. The van der Waals surface area contributed by atoms with E-state index in [4.69, 9.17) is 33.7 Å². The second kappa shape index (κ2) is 10.3. The Kier molecular flexibility index (Phi) is 7.17. The van der Waals surface area contributed by atoms with E-state index in [1.165, 1.54) is 7.11 Å². The molecule has 0 amide bonds. The van der Waals surface area contributed by atoms with Gasteiger partial charge in [-0.05, 0) is 29.3 Å². The van der Waals surface area contributed by atoms with Crippen LogP contribution in [0.4, 0.5) is 0 Å². The number of hydrogen-bond acceptors (Lipinski definition) is 5. The molecule has 0 fully saturated rings. The van der Waals surface area contributed by atoms with Gasteiger partial charge in [0.15, 0.2) is 0 Å². The van der Waals surface area contributed by atoms with Crippen molar-refractivity contribution in [3.05, 3.63) is 121 Å². The number of nitrogens with two attached hydrogens (primary N) is 1. The Morgan fingerprint density at radius 2 is 1.68 bits per heavy atom. The summed E-state index contributed by atoms with van der Waals surface area (Å²) in [4.78, 5) is 26.9. The van der Waals surface area contributed by atoms with E-state index in [1.807, 2.05) is 36.4 Å². The molecule has 4 rings (SSSR count). The average Bonchev–Trinajstić information content (AvgIpc) is 2.85. The maximum atomic E-state index is 13.5. The summed E-state index contributed by atoms with van der Waals surface area (Å²) < 4.78 is 7.48. The highest BCUT2D eigenvalue weighted by atomic mass is 35.5. The predicted octanol–water partition coefficient (Wildman–Crippen LogP) is 4.00. The molecule has 0 aliphatic rings. The van der Waals surface area contributed by atoms with Crippen LogP contribution in [0.1, 0.15) is 22.9 Å². The summed E-state index contributed by atoms with van der Waals surface area (Å²) in [5.41, 5.74) is 7.08. The lowest BCUT2D eigenvalue weighted by atomic mass is 10.1. The molecule has 0 saturated carbocycles. The largest absolute Gasteiger partial charge is 0.495 e. The molecule has 0 aliphatic carbocycles. The Labute approximate surface area is 205 Å². The van der Waals surface area contributed by atoms with Crippen molar-refractivity contribution >= 4 is 23.2 Å². The number of nitrogens with zero attached hydrogens (tertiary/aromatic N) is 3. The van der Waals surface area contributed by atoms with Gasteiger partial charge in [0.05, 0.1) is 19.3 Å². The monoisotopic (exact) mass is 496 g/mol. The molecule has 0 bridgehead atoms. The van der Waals surface area contributed by atoms with Crippen LogP contribution in [0.25, 0.3) is 5.69 Å². The van der Waals surface area contributed by atoms with Crippen LogP contribution in [0.3, 0.4) is 0 Å². The van der Waals surface area contributed by atoms with Gasteiger partial charge in [-0.15, -0.1) is 0 Å². The Morgan fingerprint density at radius 1 is 0.971 bits per heavy atom. The minimum absolute atomic E-state index is 0.0404. The fourth-order valence-electron chi connectivity index (χ4n) is 3.64. The molecule has 1 atom stereocenters. The Balaban J connectivity index is 1.89. The van der Waals surface area contributed by atoms with E-state index >= 15 is 0 Å². The van der Waals surface area contributed by atoms with Gasteiger partial charge in [0, 0.05) is 17.5 Å². The van der Waals surface area contributed by atoms with E-state index in [0.717, 1.165) is 14.8 Å². The number of methoxy groups -OCH3 is 1. The average molecular weight is 497 g/mol. The molecular weight excluding hydrogens is 475 g/mol. The highest BCUT2D eigenvalue weighted by Gasteiger charge is 2.20. The third-order valence-corrected chi connectivity index (χ3v) is 6.19. The lowest BCUT2D eigenvalue weighted by Crippen LogP contribution is -2.44. The highest BCUT2D eigenvalue weighted by Crippen LogP contribution is 2.29. The summed E-state index contributed by atoms with van der Waals surface area (Å²) in [6.07, 6.45) is 0.126. The molecule has 1 unspecified atom stereocenters. The quantitative estimate of drug-likeness (QED) is 0.417. The predicted molar refractivity (Wildman–Crippen MR) is 133 cm³/mol. The maximum Gasteiger partial charge on any atom is 0.352 e. The van der Waals surface area contributed by atoms with Crippen LogP contribution in [-0.4, -0.2) is 21.5 Å². The van der Waals surface area contributed by atoms with Crippen molar-refractivity contribution < 1.29 is 4.74 Å². The molecule has 0 aliphatic heterocycles. The number of rotatable bonds is 7. The lowest BCUT2D eigenvalue weighted by molar-refractivity contribution is 0.414. The van der Waals surface area contributed by atoms with Crippen LogP contribution in [0, 0.1) is 0 Å². The van der Waals surface area contributed by atoms with Crippen molar-refractivity contribution in [2.75, 3.05) is 7.11 Å². The van der Waals surface area contributed by atoms with Gasteiger partial charge in [-0.3, -0.25) is 9.36 Å². The molecule has 4 aromatic rings. The Bertz CT molecular complexity index is 1430. The van der Waals surface area contributed by atoms with E-state index < -0.39 is 17.3 Å². The van der Waals surface area contributed by atoms with Crippen LogP contribution in [0.15, 0.2) is 82.4 Å². The molecule has 0 spiro atoms. The van der Waals surface area contributed by atoms with Crippen LogP contribution in [0.5, 0.6) is 5.75 Å². The second-order valence-corrected chi connectivity index (χ2v) is 8.42. The SMILES string of the molecule is COc1cccc(-n2nc(Cc3ccccc3Cl)c(=O)n(CC(N)c3ccccc3)c2=O)c1Cl. The topological polar surface area (TPSA) is 92.1 Å². The molecule has 0 radical (unpaired) electrons. The van der Waals surface area contributed by atoms with Gasteiger partial charge in [-0.1, -0.05) is 77.8 Å². The van der Waals surface area contributed by atoms with Crippen LogP contribution in [-0.2, 0) is 13.0 Å². The first kappa shape index (κ1) is 23.8. The molecule has 7 nitrogen and oxygen atoms in total. The van der Waals surface area contributed by atoms with Crippen molar-refractivity contribution in [1.29, 1.82) is 0 Å². The summed E-state index contributed by atoms with van der Waals surface area (Å²) in [5.74, 6) is 0.374. The summed E-state index contributed by atoms with van der Waals surface area (Å²) in [6.45, 7) is -0.0404. The number of hydrogen-bond donors (Lipinski definition) is 1. The third-order valence-electron chi connectivity index (χ3n) is 5.44. The van der Waals surface area contributed by atoms with E-state index in [0.29, 0.717) is 16.3 Å². The molecular formula is C25H22Cl2N4O3. The van der Waals surface area contributed by atoms with Gasteiger partial charge < -0.3 is 10.5 Å². The smallest absolute Gasteiger partial charge is 0.352 e. The zero-order valence-corrected chi connectivity index (χ0v) is 19.8. The zero-order chi connectivity index (χ0) is 24.2. The summed E-state index contributed by atoms with van der Waals surface area (Å²) >= 11 is 12.8. The molecule has 0 saturated heterocycles. The first-order chi connectivity index (χ1) is 16.4. The van der Waals surface area contributed by atoms with Crippen molar-refractivity contribution in [1.82, 2.24) is 14.3 Å². The maximum absolute atomic E-state index is 13.5. The first-order valence-electron chi connectivity index (χ1n) is 10.5.